The number of rotatable bonds is 4. The molecule has 0 aromatic carbocycles. The van der Waals surface area contributed by atoms with Crippen molar-refractivity contribution in [2.75, 3.05) is 12.0 Å². The molecule has 86 valence electrons. The number of nitrogen functional groups attached to an aromatic ring is 1. The molecule has 0 radical (unpaired) electrons. The van der Waals surface area contributed by atoms with Crippen molar-refractivity contribution in [1.29, 1.82) is 0 Å². The van der Waals surface area contributed by atoms with Crippen molar-refractivity contribution in [2.24, 2.45) is 5.84 Å². The first-order valence-corrected chi connectivity index (χ1v) is 5.51. The Morgan fingerprint density at radius 2 is 2.38 bits per heavy atom. The molecular formula is C11H16N4O. The van der Waals surface area contributed by atoms with Crippen molar-refractivity contribution in [1.82, 2.24) is 9.88 Å². The number of carbonyl (C=O) groups is 1. The van der Waals surface area contributed by atoms with Gasteiger partial charge in [0, 0.05) is 12.6 Å². The van der Waals surface area contributed by atoms with E-state index in [4.69, 9.17) is 5.84 Å². The summed E-state index contributed by atoms with van der Waals surface area (Å²) in [6.45, 7) is 2.71. The quantitative estimate of drug-likeness (QED) is 0.586. The molecule has 2 rings (SSSR count). The fraction of sp³-hybridized carbons (Fsp3) is 0.455. The highest BCUT2D eigenvalue weighted by molar-refractivity contribution is 5.93. The first-order chi connectivity index (χ1) is 7.76. The summed E-state index contributed by atoms with van der Waals surface area (Å²) in [6, 6.07) is 5.63. The van der Waals surface area contributed by atoms with Gasteiger partial charge in [0.2, 0.25) is 0 Å². The van der Waals surface area contributed by atoms with Crippen LogP contribution in [0.25, 0.3) is 0 Å². The molecule has 0 bridgehead atoms. The maximum Gasteiger partial charge on any atom is 0.272 e. The van der Waals surface area contributed by atoms with Crippen LogP contribution in [0.1, 0.15) is 30.3 Å². The zero-order chi connectivity index (χ0) is 11.5. The highest BCUT2D eigenvalue weighted by atomic mass is 16.2. The molecule has 1 heterocycles. The molecule has 3 N–H and O–H groups in total. The fourth-order valence-corrected chi connectivity index (χ4v) is 1.74. The van der Waals surface area contributed by atoms with Crippen molar-refractivity contribution >= 4 is 11.7 Å². The number of hydrazine groups is 1. The summed E-state index contributed by atoms with van der Waals surface area (Å²) < 4.78 is 0. The smallest absolute Gasteiger partial charge is 0.272 e. The highest BCUT2D eigenvalue weighted by Gasteiger charge is 2.32. The Morgan fingerprint density at radius 1 is 1.62 bits per heavy atom. The average molecular weight is 220 g/mol. The Hall–Kier alpha value is -1.62. The summed E-state index contributed by atoms with van der Waals surface area (Å²) in [5.41, 5.74) is 2.89. The zero-order valence-corrected chi connectivity index (χ0v) is 9.31. The Bertz CT molecular complexity index is 389. The number of hydrogen-bond acceptors (Lipinski definition) is 4. The largest absolute Gasteiger partial charge is 0.335 e. The maximum absolute atomic E-state index is 12.1. The topological polar surface area (TPSA) is 71.2 Å². The minimum Gasteiger partial charge on any atom is -0.335 e. The van der Waals surface area contributed by atoms with Crippen LogP contribution in [0.2, 0.25) is 0 Å². The number of nitrogens with one attached hydrogen (secondary N) is 1. The van der Waals surface area contributed by atoms with Crippen LogP contribution in [0, 0.1) is 0 Å². The van der Waals surface area contributed by atoms with Crippen LogP contribution in [-0.4, -0.2) is 28.4 Å². The highest BCUT2D eigenvalue weighted by Crippen LogP contribution is 2.27. The van der Waals surface area contributed by atoms with E-state index in [9.17, 15) is 4.79 Å². The normalized spacial score (nSPS) is 14.6. The van der Waals surface area contributed by atoms with Crippen LogP contribution in [-0.2, 0) is 0 Å². The van der Waals surface area contributed by atoms with E-state index in [0.717, 1.165) is 19.4 Å². The van der Waals surface area contributed by atoms with Crippen molar-refractivity contribution in [3.05, 3.63) is 23.9 Å². The number of amides is 1. The van der Waals surface area contributed by atoms with E-state index in [1.165, 1.54) is 0 Å². The molecule has 5 heteroatoms. The van der Waals surface area contributed by atoms with Gasteiger partial charge in [-0.3, -0.25) is 4.79 Å². The second-order valence-electron chi connectivity index (χ2n) is 3.87. The third kappa shape index (κ3) is 2.14. The molecule has 1 aliphatic rings. The van der Waals surface area contributed by atoms with Crippen LogP contribution >= 0.6 is 0 Å². The molecule has 0 aliphatic heterocycles. The van der Waals surface area contributed by atoms with E-state index in [1.807, 2.05) is 11.8 Å². The Labute approximate surface area is 94.6 Å². The molecule has 1 aromatic rings. The molecule has 1 amide bonds. The average Bonchev–Trinajstić information content (AvgIpc) is 3.14. The van der Waals surface area contributed by atoms with Gasteiger partial charge in [0.1, 0.15) is 11.5 Å². The molecule has 1 aliphatic carbocycles. The van der Waals surface area contributed by atoms with Crippen molar-refractivity contribution in [2.45, 2.75) is 25.8 Å². The van der Waals surface area contributed by atoms with Gasteiger partial charge in [0.25, 0.3) is 5.91 Å². The summed E-state index contributed by atoms with van der Waals surface area (Å²) in [4.78, 5) is 18.1. The van der Waals surface area contributed by atoms with Gasteiger partial charge in [-0.05, 0) is 31.9 Å². The molecule has 1 fully saturated rings. The van der Waals surface area contributed by atoms with Gasteiger partial charge >= 0.3 is 0 Å². The number of nitrogens with zero attached hydrogens (tertiary/aromatic N) is 2. The number of pyridine rings is 1. The van der Waals surface area contributed by atoms with E-state index in [2.05, 4.69) is 10.4 Å². The van der Waals surface area contributed by atoms with Crippen molar-refractivity contribution < 1.29 is 4.79 Å². The van der Waals surface area contributed by atoms with Gasteiger partial charge in [-0.2, -0.15) is 0 Å². The number of anilines is 1. The summed E-state index contributed by atoms with van der Waals surface area (Å²) in [5.74, 6) is 5.76. The van der Waals surface area contributed by atoms with Gasteiger partial charge in [0.05, 0.1) is 0 Å². The van der Waals surface area contributed by atoms with E-state index >= 15 is 0 Å². The maximum atomic E-state index is 12.1. The molecule has 16 heavy (non-hydrogen) atoms. The lowest BCUT2D eigenvalue weighted by atomic mass is 10.3. The molecule has 0 saturated heterocycles. The monoisotopic (exact) mass is 220 g/mol. The lowest BCUT2D eigenvalue weighted by Gasteiger charge is -2.19. The molecule has 0 atom stereocenters. The molecule has 0 spiro atoms. The number of nitrogens with two attached hydrogens (primary N) is 1. The van der Waals surface area contributed by atoms with Gasteiger partial charge < -0.3 is 10.3 Å². The van der Waals surface area contributed by atoms with Crippen molar-refractivity contribution in [3.8, 4) is 0 Å². The van der Waals surface area contributed by atoms with E-state index in [1.54, 1.807) is 18.2 Å². The lowest BCUT2D eigenvalue weighted by molar-refractivity contribution is 0.0747. The molecule has 5 nitrogen and oxygen atoms in total. The summed E-state index contributed by atoms with van der Waals surface area (Å²) in [6.07, 6.45) is 2.21. The predicted molar refractivity (Wildman–Crippen MR) is 61.8 cm³/mol. The third-order valence-corrected chi connectivity index (χ3v) is 2.71. The Balaban J connectivity index is 2.18. The third-order valence-electron chi connectivity index (χ3n) is 2.71. The molecule has 1 aromatic heterocycles. The van der Waals surface area contributed by atoms with Crippen LogP contribution < -0.4 is 11.3 Å². The standard InChI is InChI=1S/C11H16N4O/c1-2-15(8-6-7-8)11(16)9-4-3-5-10(13-9)14-12/h3-5,8H,2,6-7,12H2,1H3,(H,13,14). The predicted octanol–water partition coefficient (Wildman–Crippen LogP) is 0.992. The molecule has 1 saturated carbocycles. The van der Waals surface area contributed by atoms with Crippen molar-refractivity contribution in [3.63, 3.8) is 0 Å². The van der Waals surface area contributed by atoms with Gasteiger partial charge in [0.15, 0.2) is 0 Å². The summed E-state index contributed by atoms with van der Waals surface area (Å²) >= 11 is 0. The molecular weight excluding hydrogens is 204 g/mol. The van der Waals surface area contributed by atoms with E-state index in [-0.39, 0.29) is 5.91 Å². The van der Waals surface area contributed by atoms with Gasteiger partial charge in [-0.15, -0.1) is 0 Å². The lowest BCUT2D eigenvalue weighted by Crippen LogP contribution is -2.33. The van der Waals surface area contributed by atoms with Crippen LogP contribution in [0.3, 0.4) is 0 Å². The van der Waals surface area contributed by atoms with Crippen LogP contribution in [0.4, 0.5) is 5.82 Å². The molecule has 0 unspecified atom stereocenters. The van der Waals surface area contributed by atoms with Crippen LogP contribution in [0.15, 0.2) is 18.2 Å². The van der Waals surface area contributed by atoms with Gasteiger partial charge in [-0.1, -0.05) is 6.07 Å². The number of carbonyl (C=O) groups excluding carboxylic acids is 1. The first kappa shape index (κ1) is 10.9. The Kier molecular flexibility index (Phi) is 3.05. The van der Waals surface area contributed by atoms with E-state index < -0.39 is 0 Å². The summed E-state index contributed by atoms with van der Waals surface area (Å²) in [5, 5.41) is 0. The number of hydrogen-bond donors (Lipinski definition) is 2. The minimum absolute atomic E-state index is 0.0119. The summed E-state index contributed by atoms with van der Waals surface area (Å²) in [7, 11) is 0. The number of aromatic nitrogens is 1. The Morgan fingerprint density at radius 3 is 2.94 bits per heavy atom. The fourth-order valence-electron chi connectivity index (χ4n) is 1.74. The minimum atomic E-state index is -0.0119. The van der Waals surface area contributed by atoms with Gasteiger partial charge in [-0.25, -0.2) is 10.8 Å². The zero-order valence-electron chi connectivity index (χ0n) is 9.31. The SMILES string of the molecule is CCN(C(=O)c1cccc(NN)n1)C1CC1. The van der Waals surface area contributed by atoms with E-state index in [0.29, 0.717) is 17.6 Å². The first-order valence-electron chi connectivity index (χ1n) is 5.51. The second kappa shape index (κ2) is 4.49. The second-order valence-corrected chi connectivity index (χ2v) is 3.87. The van der Waals surface area contributed by atoms with Crippen LogP contribution in [0.5, 0.6) is 0 Å².